The number of rotatable bonds is 5. The molecular formula is C24H18N4O5. The number of carbonyl (C=O) groups excluding carboxylic acids is 1. The number of nitrogens with zero attached hydrogens (tertiary/aromatic N) is 4. The minimum Gasteiger partial charge on any atom is -0.348 e. The van der Waals surface area contributed by atoms with Crippen LogP contribution in [-0.4, -0.2) is 33.7 Å². The summed E-state index contributed by atoms with van der Waals surface area (Å²) in [7, 11) is 0. The van der Waals surface area contributed by atoms with E-state index in [1.807, 2.05) is 17.0 Å². The fraction of sp³-hybridized carbons (Fsp3) is 0.0833. The van der Waals surface area contributed by atoms with Crippen LogP contribution in [0.2, 0.25) is 0 Å². The monoisotopic (exact) mass is 442 g/mol. The van der Waals surface area contributed by atoms with Crippen LogP contribution < -0.4 is 4.90 Å². The highest BCUT2D eigenvalue weighted by Crippen LogP contribution is 2.27. The highest BCUT2D eigenvalue weighted by Gasteiger charge is 2.27. The number of ketones is 1. The zero-order chi connectivity index (χ0) is 23.4. The van der Waals surface area contributed by atoms with E-state index in [0.717, 1.165) is 0 Å². The lowest BCUT2D eigenvalue weighted by atomic mass is 9.94. The number of nitro groups is 2. The topological polar surface area (TPSA) is 119 Å². The first-order chi connectivity index (χ1) is 15.9. The maximum Gasteiger partial charge on any atom is 0.270 e. The van der Waals surface area contributed by atoms with Gasteiger partial charge in [-0.05, 0) is 35.4 Å². The zero-order valence-corrected chi connectivity index (χ0v) is 17.3. The van der Waals surface area contributed by atoms with E-state index in [9.17, 15) is 25.0 Å². The molecule has 164 valence electrons. The second kappa shape index (κ2) is 9.23. The van der Waals surface area contributed by atoms with Crippen molar-refractivity contribution in [2.24, 2.45) is 0 Å². The first-order valence-electron chi connectivity index (χ1n) is 10.0. The molecular weight excluding hydrogens is 424 g/mol. The number of non-ortho nitro benzene ring substituents is 2. The number of nitro benzene ring substituents is 2. The molecule has 0 aliphatic carbocycles. The Morgan fingerprint density at radius 3 is 1.79 bits per heavy atom. The van der Waals surface area contributed by atoms with Gasteiger partial charge in [0.05, 0.1) is 9.85 Å². The molecule has 33 heavy (non-hydrogen) atoms. The van der Waals surface area contributed by atoms with Crippen LogP contribution in [0.25, 0.3) is 12.2 Å². The SMILES string of the molecule is O=C1C(=Cc2cccc([N+](=O)[O-])c2)CN(c2ccccn2)CC1=Cc1cccc([N+](=O)[O-])c1. The van der Waals surface area contributed by atoms with Crippen molar-refractivity contribution < 1.29 is 14.6 Å². The minimum absolute atomic E-state index is 0.0680. The Bertz CT molecular complexity index is 1220. The molecule has 1 aromatic heterocycles. The molecule has 3 aromatic rings. The van der Waals surface area contributed by atoms with Gasteiger partial charge in [0.2, 0.25) is 0 Å². The molecule has 2 heterocycles. The van der Waals surface area contributed by atoms with Crippen molar-refractivity contribution in [2.75, 3.05) is 18.0 Å². The van der Waals surface area contributed by atoms with E-state index < -0.39 is 9.85 Å². The molecule has 9 heteroatoms. The fourth-order valence-electron chi connectivity index (χ4n) is 3.60. The maximum atomic E-state index is 13.3. The van der Waals surface area contributed by atoms with Crippen molar-refractivity contribution in [3.63, 3.8) is 0 Å². The third kappa shape index (κ3) is 4.99. The summed E-state index contributed by atoms with van der Waals surface area (Å²) in [5.74, 6) is 0.445. The van der Waals surface area contributed by atoms with Gasteiger partial charge in [0, 0.05) is 54.7 Å². The molecule has 0 atom stereocenters. The summed E-state index contributed by atoms with van der Waals surface area (Å²) in [5, 5.41) is 22.2. The number of hydrogen-bond acceptors (Lipinski definition) is 7. The van der Waals surface area contributed by atoms with Crippen molar-refractivity contribution >= 4 is 35.1 Å². The molecule has 1 saturated heterocycles. The van der Waals surface area contributed by atoms with Gasteiger partial charge in [0.25, 0.3) is 11.4 Å². The highest BCUT2D eigenvalue weighted by atomic mass is 16.6. The molecule has 0 N–H and O–H groups in total. The highest BCUT2D eigenvalue weighted by molar-refractivity contribution is 6.15. The quantitative estimate of drug-likeness (QED) is 0.325. The lowest BCUT2D eigenvalue weighted by Crippen LogP contribution is -2.38. The largest absolute Gasteiger partial charge is 0.348 e. The molecule has 0 radical (unpaired) electrons. The number of pyridine rings is 1. The van der Waals surface area contributed by atoms with Crippen molar-refractivity contribution in [2.45, 2.75) is 0 Å². The molecule has 4 rings (SSSR count). The first kappa shape index (κ1) is 21.6. The number of benzene rings is 2. The third-order valence-electron chi connectivity index (χ3n) is 5.12. The molecule has 1 fully saturated rings. The summed E-state index contributed by atoms with van der Waals surface area (Å²) in [6.45, 7) is 0.537. The first-order valence-corrected chi connectivity index (χ1v) is 10.0. The van der Waals surface area contributed by atoms with Crippen LogP contribution in [0.15, 0.2) is 84.1 Å². The number of aromatic nitrogens is 1. The van der Waals surface area contributed by atoms with Crippen LogP contribution in [-0.2, 0) is 4.79 Å². The maximum absolute atomic E-state index is 13.3. The van der Waals surface area contributed by atoms with Gasteiger partial charge in [-0.2, -0.15) is 0 Å². The van der Waals surface area contributed by atoms with Crippen LogP contribution >= 0.6 is 0 Å². The van der Waals surface area contributed by atoms with Gasteiger partial charge in [-0.15, -0.1) is 0 Å². The van der Waals surface area contributed by atoms with E-state index in [-0.39, 0.29) is 30.2 Å². The van der Waals surface area contributed by atoms with Gasteiger partial charge in [-0.1, -0.05) is 30.3 Å². The van der Waals surface area contributed by atoms with E-state index in [1.54, 1.807) is 48.7 Å². The Kier molecular flexibility index (Phi) is 6.03. The van der Waals surface area contributed by atoms with E-state index in [0.29, 0.717) is 28.1 Å². The van der Waals surface area contributed by atoms with E-state index in [2.05, 4.69) is 4.98 Å². The molecule has 0 amide bonds. The normalized spacial score (nSPS) is 16.2. The van der Waals surface area contributed by atoms with Crippen LogP contribution in [0.5, 0.6) is 0 Å². The van der Waals surface area contributed by atoms with Crippen LogP contribution in [0, 0.1) is 20.2 Å². The van der Waals surface area contributed by atoms with Crippen LogP contribution in [0.3, 0.4) is 0 Å². The Morgan fingerprint density at radius 2 is 1.33 bits per heavy atom. The molecule has 9 nitrogen and oxygen atoms in total. The number of carbonyl (C=O) groups is 1. The van der Waals surface area contributed by atoms with Gasteiger partial charge in [-0.3, -0.25) is 25.0 Å². The number of Topliss-reactive ketones (excluding diaryl/α,β-unsaturated/α-hetero) is 1. The molecule has 0 unspecified atom stereocenters. The predicted molar refractivity (Wildman–Crippen MR) is 124 cm³/mol. The van der Waals surface area contributed by atoms with Gasteiger partial charge in [0.15, 0.2) is 5.78 Å². The Hall–Kier alpha value is -4.66. The summed E-state index contributed by atoms with van der Waals surface area (Å²) in [6.07, 6.45) is 4.91. The fourth-order valence-corrected chi connectivity index (χ4v) is 3.60. The second-order valence-electron chi connectivity index (χ2n) is 7.42. The van der Waals surface area contributed by atoms with Crippen molar-refractivity contribution in [1.82, 2.24) is 4.98 Å². The van der Waals surface area contributed by atoms with Crippen molar-refractivity contribution in [1.29, 1.82) is 0 Å². The lowest BCUT2D eigenvalue weighted by molar-refractivity contribution is -0.385. The van der Waals surface area contributed by atoms with E-state index in [4.69, 9.17) is 0 Å². The number of piperidine rings is 1. The average Bonchev–Trinajstić information content (AvgIpc) is 2.82. The summed E-state index contributed by atoms with van der Waals surface area (Å²) < 4.78 is 0. The molecule has 1 aliphatic heterocycles. The minimum atomic E-state index is -0.488. The summed E-state index contributed by atoms with van der Waals surface area (Å²) in [4.78, 5) is 40.8. The van der Waals surface area contributed by atoms with E-state index >= 15 is 0 Å². The van der Waals surface area contributed by atoms with E-state index in [1.165, 1.54) is 24.3 Å². The van der Waals surface area contributed by atoms with Crippen molar-refractivity contribution in [3.8, 4) is 0 Å². The standard InChI is InChI=1S/C24H18N4O5/c29-24-19(11-17-5-3-7-21(13-17)27(30)31)15-26(23-9-1-2-10-25-23)16-20(24)12-18-6-4-8-22(14-18)28(32)33/h1-14H,15-16H2. The molecule has 0 spiro atoms. The van der Waals surface area contributed by atoms with Gasteiger partial charge in [0.1, 0.15) is 5.82 Å². The van der Waals surface area contributed by atoms with Crippen LogP contribution in [0.1, 0.15) is 11.1 Å². The summed E-state index contributed by atoms with van der Waals surface area (Å²) >= 11 is 0. The Balaban J connectivity index is 1.76. The number of anilines is 1. The van der Waals surface area contributed by atoms with Gasteiger partial charge >= 0.3 is 0 Å². The lowest BCUT2D eigenvalue weighted by Gasteiger charge is -2.30. The smallest absolute Gasteiger partial charge is 0.270 e. The third-order valence-corrected chi connectivity index (χ3v) is 5.12. The predicted octanol–water partition coefficient (Wildman–Crippen LogP) is 4.45. The molecule has 1 aliphatic rings. The molecule has 0 saturated carbocycles. The summed E-state index contributed by atoms with van der Waals surface area (Å²) in [5.41, 5.74) is 1.80. The van der Waals surface area contributed by atoms with Gasteiger partial charge in [-0.25, -0.2) is 4.98 Å². The second-order valence-corrected chi connectivity index (χ2v) is 7.42. The molecule has 0 bridgehead atoms. The van der Waals surface area contributed by atoms with Crippen LogP contribution in [0.4, 0.5) is 17.2 Å². The van der Waals surface area contributed by atoms with Gasteiger partial charge < -0.3 is 4.90 Å². The Labute approximate surface area is 188 Å². The zero-order valence-electron chi connectivity index (χ0n) is 17.3. The molecule has 2 aromatic carbocycles. The summed E-state index contributed by atoms with van der Waals surface area (Å²) in [6, 6.07) is 17.6. The Morgan fingerprint density at radius 1 is 0.788 bits per heavy atom. The average molecular weight is 442 g/mol. The van der Waals surface area contributed by atoms with Crippen molar-refractivity contribution in [3.05, 3.63) is 115 Å². The number of hydrogen-bond donors (Lipinski definition) is 0.